The van der Waals surface area contributed by atoms with Crippen molar-refractivity contribution in [2.45, 2.75) is 25.9 Å². The Morgan fingerprint density at radius 2 is 2.17 bits per heavy atom. The summed E-state index contributed by atoms with van der Waals surface area (Å²) >= 11 is 0. The summed E-state index contributed by atoms with van der Waals surface area (Å²) in [5.74, 6) is -0.328. The van der Waals surface area contributed by atoms with Crippen molar-refractivity contribution in [3.05, 3.63) is 0 Å². The number of carbonyl (C=O) groups excluding carboxylic acids is 1. The molecule has 0 rings (SSSR count). The summed E-state index contributed by atoms with van der Waals surface area (Å²) in [6.45, 7) is 4.97. The molecule has 0 unspecified atom stereocenters. The fourth-order valence-corrected chi connectivity index (χ4v) is 0.703. The van der Waals surface area contributed by atoms with E-state index >= 15 is 0 Å². The van der Waals surface area contributed by atoms with Gasteiger partial charge in [-0.3, -0.25) is 4.79 Å². The topological polar surface area (TPSA) is 64.3 Å². The molecule has 0 aromatic heterocycles. The van der Waals surface area contributed by atoms with Gasteiger partial charge in [0, 0.05) is 7.11 Å². The second-order valence-corrected chi connectivity index (χ2v) is 3.36. The van der Waals surface area contributed by atoms with Gasteiger partial charge in [0.25, 0.3) is 0 Å². The van der Waals surface area contributed by atoms with Crippen molar-refractivity contribution in [1.82, 2.24) is 5.32 Å². The second-order valence-electron chi connectivity index (χ2n) is 3.36. The molecule has 4 nitrogen and oxygen atoms in total. The highest BCUT2D eigenvalue weighted by molar-refractivity contribution is 5.75. The van der Waals surface area contributed by atoms with E-state index in [0.717, 1.165) is 13.0 Å². The summed E-state index contributed by atoms with van der Waals surface area (Å²) in [5.41, 5.74) is 4.81. The Labute approximate surface area is 73.5 Å². The van der Waals surface area contributed by atoms with E-state index in [0.29, 0.717) is 0 Å². The Morgan fingerprint density at radius 1 is 1.58 bits per heavy atom. The van der Waals surface area contributed by atoms with Crippen LogP contribution in [-0.4, -0.2) is 31.7 Å². The zero-order chi connectivity index (χ0) is 9.61. The third-order valence-corrected chi connectivity index (χ3v) is 1.76. The zero-order valence-electron chi connectivity index (χ0n) is 8.02. The summed E-state index contributed by atoms with van der Waals surface area (Å²) in [4.78, 5) is 10.3. The van der Waals surface area contributed by atoms with Gasteiger partial charge in [-0.2, -0.15) is 0 Å². The van der Waals surface area contributed by atoms with E-state index < -0.39 is 0 Å². The molecule has 0 spiro atoms. The van der Waals surface area contributed by atoms with Gasteiger partial charge in [-0.25, -0.2) is 0 Å². The molecule has 0 heterocycles. The van der Waals surface area contributed by atoms with Crippen molar-refractivity contribution >= 4 is 5.91 Å². The molecule has 0 saturated heterocycles. The molecular formula is C8H18N2O2. The van der Waals surface area contributed by atoms with Crippen molar-refractivity contribution in [3.63, 3.8) is 0 Å². The Bertz CT molecular complexity index is 146. The van der Waals surface area contributed by atoms with Crippen LogP contribution in [0.5, 0.6) is 0 Å². The normalized spacial score (nSPS) is 11.6. The number of amides is 1. The first kappa shape index (κ1) is 11.4. The molecule has 0 bridgehead atoms. The molecule has 0 aromatic rings. The van der Waals surface area contributed by atoms with Gasteiger partial charge >= 0.3 is 0 Å². The molecule has 12 heavy (non-hydrogen) atoms. The highest BCUT2D eigenvalue weighted by atomic mass is 16.5. The van der Waals surface area contributed by atoms with Gasteiger partial charge in [0.1, 0.15) is 0 Å². The highest BCUT2D eigenvalue weighted by Crippen LogP contribution is 2.10. The van der Waals surface area contributed by atoms with Crippen LogP contribution in [0, 0.1) is 0 Å². The Kier molecular flexibility index (Phi) is 4.85. The number of nitrogens with one attached hydrogen (secondary N) is 1. The van der Waals surface area contributed by atoms with Crippen LogP contribution in [0.25, 0.3) is 0 Å². The Hall–Kier alpha value is -0.610. The molecule has 0 aliphatic carbocycles. The molecule has 0 saturated carbocycles. The number of methoxy groups -OCH3 is 1. The molecule has 0 atom stereocenters. The minimum absolute atomic E-state index is 0.134. The van der Waals surface area contributed by atoms with E-state index in [1.165, 1.54) is 0 Å². The molecule has 0 fully saturated rings. The predicted octanol–water partition coefficient (Wildman–Crippen LogP) is -0.124. The van der Waals surface area contributed by atoms with E-state index in [-0.39, 0.29) is 18.1 Å². The van der Waals surface area contributed by atoms with Crippen LogP contribution in [0.2, 0.25) is 0 Å². The van der Waals surface area contributed by atoms with Gasteiger partial charge in [0.2, 0.25) is 5.91 Å². The van der Waals surface area contributed by atoms with E-state index in [1.54, 1.807) is 7.11 Å². The average molecular weight is 174 g/mol. The van der Waals surface area contributed by atoms with Gasteiger partial charge in [-0.1, -0.05) is 0 Å². The number of primary amides is 1. The summed E-state index contributed by atoms with van der Waals surface area (Å²) in [5, 5.41) is 2.92. The quantitative estimate of drug-likeness (QED) is 0.552. The van der Waals surface area contributed by atoms with E-state index in [1.807, 2.05) is 13.8 Å². The lowest BCUT2D eigenvalue weighted by atomic mass is 10.1. The van der Waals surface area contributed by atoms with Crippen LogP contribution in [0.1, 0.15) is 20.3 Å². The largest absolute Gasteiger partial charge is 0.379 e. The van der Waals surface area contributed by atoms with Gasteiger partial charge in [-0.15, -0.1) is 0 Å². The SMILES string of the molecule is COC(C)(C)CCNCC(N)=O. The maximum atomic E-state index is 10.3. The van der Waals surface area contributed by atoms with Crippen LogP contribution >= 0.6 is 0 Å². The van der Waals surface area contributed by atoms with Crippen molar-refractivity contribution in [1.29, 1.82) is 0 Å². The van der Waals surface area contributed by atoms with E-state index in [2.05, 4.69) is 5.32 Å². The first-order valence-electron chi connectivity index (χ1n) is 4.02. The molecule has 1 amide bonds. The van der Waals surface area contributed by atoms with Crippen molar-refractivity contribution in [2.24, 2.45) is 5.73 Å². The van der Waals surface area contributed by atoms with Gasteiger partial charge in [-0.05, 0) is 26.8 Å². The maximum Gasteiger partial charge on any atom is 0.231 e. The summed E-state index contributed by atoms with van der Waals surface area (Å²) in [6, 6.07) is 0. The maximum absolute atomic E-state index is 10.3. The zero-order valence-corrected chi connectivity index (χ0v) is 8.02. The molecule has 0 radical (unpaired) electrons. The predicted molar refractivity (Wildman–Crippen MR) is 47.8 cm³/mol. The number of rotatable bonds is 6. The Morgan fingerprint density at radius 3 is 2.58 bits per heavy atom. The standard InChI is InChI=1S/C8H18N2O2/c1-8(2,12-3)4-5-10-6-7(9)11/h10H,4-6H2,1-3H3,(H2,9,11). The molecular weight excluding hydrogens is 156 g/mol. The van der Waals surface area contributed by atoms with Crippen molar-refractivity contribution in [2.75, 3.05) is 20.2 Å². The van der Waals surface area contributed by atoms with Gasteiger partial charge in [0.15, 0.2) is 0 Å². The molecule has 3 N–H and O–H groups in total. The third kappa shape index (κ3) is 6.12. The van der Waals surface area contributed by atoms with Crippen LogP contribution in [0.15, 0.2) is 0 Å². The average Bonchev–Trinajstić information content (AvgIpc) is 1.98. The van der Waals surface area contributed by atoms with Crippen LogP contribution < -0.4 is 11.1 Å². The van der Waals surface area contributed by atoms with Crippen LogP contribution in [0.4, 0.5) is 0 Å². The molecule has 0 aliphatic heterocycles. The monoisotopic (exact) mass is 174 g/mol. The first-order chi connectivity index (χ1) is 5.48. The second kappa shape index (κ2) is 5.11. The number of carbonyl (C=O) groups is 1. The van der Waals surface area contributed by atoms with E-state index in [4.69, 9.17) is 10.5 Å². The smallest absolute Gasteiger partial charge is 0.231 e. The lowest BCUT2D eigenvalue weighted by Crippen LogP contribution is -2.33. The fourth-order valence-electron chi connectivity index (χ4n) is 0.703. The number of ether oxygens (including phenoxy) is 1. The minimum atomic E-state index is -0.328. The fraction of sp³-hybridized carbons (Fsp3) is 0.875. The number of nitrogens with two attached hydrogens (primary N) is 1. The lowest BCUT2D eigenvalue weighted by Gasteiger charge is -2.22. The third-order valence-electron chi connectivity index (χ3n) is 1.76. The summed E-state index contributed by atoms with van der Waals surface area (Å²) < 4.78 is 5.19. The van der Waals surface area contributed by atoms with Gasteiger partial charge < -0.3 is 15.8 Å². The Balaban J connectivity index is 3.37. The first-order valence-corrected chi connectivity index (χ1v) is 4.02. The van der Waals surface area contributed by atoms with Crippen LogP contribution in [-0.2, 0) is 9.53 Å². The van der Waals surface area contributed by atoms with E-state index in [9.17, 15) is 4.79 Å². The van der Waals surface area contributed by atoms with Gasteiger partial charge in [0.05, 0.1) is 12.1 Å². The summed E-state index contributed by atoms with van der Waals surface area (Å²) in [6.07, 6.45) is 0.858. The van der Waals surface area contributed by atoms with Crippen LogP contribution in [0.3, 0.4) is 0 Å². The minimum Gasteiger partial charge on any atom is -0.379 e. The molecule has 0 aromatic carbocycles. The lowest BCUT2D eigenvalue weighted by molar-refractivity contribution is -0.117. The highest BCUT2D eigenvalue weighted by Gasteiger charge is 2.14. The summed E-state index contributed by atoms with van der Waals surface area (Å²) in [7, 11) is 1.67. The number of hydrogen-bond donors (Lipinski definition) is 2. The molecule has 4 heteroatoms. The molecule has 0 aliphatic rings. The van der Waals surface area contributed by atoms with Crippen molar-refractivity contribution < 1.29 is 9.53 Å². The number of hydrogen-bond acceptors (Lipinski definition) is 3. The molecule has 72 valence electrons. The van der Waals surface area contributed by atoms with Crippen molar-refractivity contribution in [3.8, 4) is 0 Å².